The fourth-order valence-corrected chi connectivity index (χ4v) is 2.89. The van der Waals surface area contributed by atoms with Crippen LogP contribution in [-0.2, 0) is 14.4 Å². The predicted molar refractivity (Wildman–Crippen MR) is 124 cm³/mol. The molecular formula is C21H45N7O3. The number of primary amides is 1. The molecule has 10 heteroatoms. The van der Waals surface area contributed by atoms with Gasteiger partial charge in [0.25, 0.3) is 0 Å². The first kappa shape index (κ1) is 29.2. The molecule has 0 aromatic rings. The third kappa shape index (κ3) is 21.3. The lowest BCUT2D eigenvalue weighted by molar-refractivity contribution is -0.125. The number of nitrogens with one attached hydrogen (secondary N) is 4. The van der Waals surface area contributed by atoms with Crippen molar-refractivity contribution in [2.24, 2.45) is 17.2 Å². The minimum atomic E-state index is -0.449. The predicted octanol–water partition coefficient (Wildman–Crippen LogP) is -0.930. The van der Waals surface area contributed by atoms with Gasteiger partial charge in [0.2, 0.25) is 17.7 Å². The zero-order chi connectivity index (χ0) is 23.2. The zero-order valence-corrected chi connectivity index (χ0v) is 19.1. The molecule has 10 N–H and O–H groups in total. The molecule has 0 aliphatic carbocycles. The summed E-state index contributed by atoms with van der Waals surface area (Å²) in [4.78, 5) is 33.8. The highest BCUT2D eigenvalue weighted by Crippen LogP contribution is 1.98. The Morgan fingerprint density at radius 1 is 0.677 bits per heavy atom. The summed E-state index contributed by atoms with van der Waals surface area (Å²) in [5.41, 5.74) is 16.3. The molecule has 3 amide bonds. The second-order valence-electron chi connectivity index (χ2n) is 7.77. The van der Waals surface area contributed by atoms with Crippen LogP contribution in [0, 0.1) is 0 Å². The lowest BCUT2D eigenvalue weighted by atomic mass is 10.1. The normalized spacial score (nSPS) is 11.8. The van der Waals surface area contributed by atoms with E-state index < -0.39 is 11.9 Å². The maximum atomic E-state index is 11.8. The second kappa shape index (κ2) is 21.5. The van der Waals surface area contributed by atoms with E-state index in [0.717, 1.165) is 71.1 Å². The van der Waals surface area contributed by atoms with Gasteiger partial charge in [-0.15, -0.1) is 0 Å². The van der Waals surface area contributed by atoms with Gasteiger partial charge in [-0.25, -0.2) is 0 Å². The topological polar surface area (TPSA) is 177 Å². The number of hydrogen-bond donors (Lipinski definition) is 7. The van der Waals surface area contributed by atoms with Crippen molar-refractivity contribution >= 4 is 17.7 Å². The Labute approximate surface area is 187 Å². The lowest BCUT2D eigenvalue weighted by Crippen LogP contribution is -2.41. The summed E-state index contributed by atoms with van der Waals surface area (Å²) in [5.74, 6) is -0.643. The maximum absolute atomic E-state index is 11.8. The van der Waals surface area contributed by atoms with Crippen LogP contribution in [-0.4, -0.2) is 69.6 Å². The largest absolute Gasteiger partial charge is 0.370 e. The van der Waals surface area contributed by atoms with Crippen LogP contribution in [0.2, 0.25) is 0 Å². The van der Waals surface area contributed by atoms with Crippen molar-refractivity contribution in [1.29, 1.82) is 0 Å². The van der Waals surface area contributed by atoms with E-state index in [1.807, 2.05) is 0 Å². The van der Waals surface area contributed by atoms with Gasteiger partial charge in [0.15, 0.2) is 0 Å². The van der Waals surface area contributed by atoms with Crippen LogP contribution in [0.25, 0.3) is 0 Å². The highest BCUT2D eigenvalue weighted by molar-refractivity contribution is 5.82. The zero-order valence-electron chi connectivity index (χ0n) is 19.1. The van der Waals surface area contributed by atoms with Gasteiger partial charge in [0, 0.05) is 25.9 Å². The number of hydrogen-bond acceptors (Lipinski definition) is 7. The smallest absolute Gasteiger partial charge is 0.236 e. The van der Waals surface area contributed by atoms with Crippen LogP contribution in [0.4, 0.5) is 0 Å². The Morgan fingerprint density at radius 3 is 1.90 bits per heavy atom. The molecule has 0 aromatic heterocycles. The van der Waals surface area contributed by atoms with Gasteiger partial charge in [-0.2, -0.15) is 0 Å². The number of unbranched alkanes of at least 4 members (excludes halogenated alkanes) is 3. The second-order valence-corrected chi connectivity index (χ2v) is 7.77. The molecular weight excluding hydrogens is 398 g/mol. The molecule has 0 radical (unpaired) electrons. The average molecular weight is 444 g/mol. The number of rotatable bonds is 22. The van der Waals surface area contributed by atoms with E-state index in [0.29, 0.717) is 26.1 Å². The summed E-state index contributed by atoms with van der Waals surface area (Å²) in [7, 11) is 0. The van der Waals surface area contributed by atoms with Crippen LogP contribution in [0.1, 0.15) is 64.2 Å². The van der Waals surface area contributed by atoms with Crippen LogP contribution in [0.5, 0.6) is 0 Å². The summed E-state index contributed by atoms with van der Waals surface area (Å²) in [5, 5.41) is 12.4. The molecule has 0 rings (SSSR count). The van der Waals surface area contributed by atoms with Crippen LogP contribution in [0.3, 0.4) is 0 Å². The van der Waals surface area contributed by atoms with E-state index in [-0.39, 0.29) is 24.7 Å². The molecule has 10 nitrogen and oxygen atoms in total. The number of carbonyl (C=O) groups is 3. The number of amides is 3. The molecule has 0 spiro atoms. The minimum absolute atomic E-state index is 0.0771. The van der Waals surface area contributed by atoms with Crippen molar-refractivity contribution in [3.05, 3.63) is 0 Å². The fraction of sp³-hybridized carbons (Fsp3) is 0.857. The summed E-state index contributed by atoms with van der Waals surface area (Å²) in [6, 6.07) is -0.433. The first-order valence-corrected chi connectivity index (χ1v) is 11.7. The van der Waals surface area contributed by atoms with Crippen LogP contribution >= 0.6 is 0 Å². The quantitative estimate of drug-likeness (QED) is 0.106. The van der Waals surface area contributed by atoms with E-state index in [4.69, 9.17) is 17.2 Å². The molecule has 0 bridgehead atoms. The van der Waals surface area contributed by atoms with Gasteiger partial charge in [0.05, 0.1) is 6.04 Å². The Morgan fingerprint density at radius 2 is 1.26 bits per heavy atom. The van der Waals surface area contributed by atoms with E-state index in [2.05, 4.69) is 21.3 Å². The maximum Gasteiger partial charge on any atom is 0.236 e. The van der Waals surface area contributed by atoms with Crippen molar-refractivity contribution < 1.29 is 14.4 Å². The molecule has 0 saturated heterocycles. The van der Waals surface area contributed by atoms with Crippen molar-refractivity contribution in [3.63, 3.8) is 0 Å². The van der Waals surface area contributed by atoms with E-state index in [9.17, 15) is 14.4 Å². The third-order valence-corrected chi connectivity index (χ3v) is 4.79. The standard InChI is InChI=1S/C21H45N7O3/c22-11-3-2-8-18(23)21(31)28-17-7-15-26-14-6-13-25-12-4-1-5-16-27-20(30)10-9-19(24)29/h18,25-26H,1-17,22-23H2,(H2,24,29)(H,27,30)(H,28,31). The van der Waals surface area contributed by atoms with Gasteiger partial charge < -0.3 is 38.5 Å². The van der Waals surface area contributed by atoms with Crippen molar-refractivity contribution in [2.75, 3.05) is 45.8 Å². The molecule has 1 atom stereocenters. The first-order chi connectivity index (χ1) is 15.0. The van der Waals surface area contributed by atoms with Crippen molar-refractivity contribution in [2.45, 2.75) is 70.3 Å². The molecule has 31 heavy (non-hydrogen) atoms. The summed E-state index contributed by atoms with van der Waals surface area (Å²) >= 11 is 0. The molecule has 0 fully saturated rings. The number of carbonyl (C=O) groups excluding carboxylic acids is 3. The van der Waals surface area contributed by atoms with E-state index in [1.165, 1.54) is 0 Å². The Hall–Kier alpha value is -1.75. The fourth-order valence-electron chi connectivity index (χ4n) is 2.89. The van der Waals surface area contributed by atoms with Gasteiger partial charge in [-0.05, 0) is 71.2 Å². The Bertz CT molecular complexity index is 478. The summed E-state index contributed by atoms with van der Waals surface area (Å²) < 4.78 is 0. The third-order valence-electron chi connectivity index (χ3n) is 4.79. The molecule has 0 aliphatic rings. The molecule has 0 aliphatic heterocycles. The lowest BCUT2D eigenvalue weighted by Gasteiger charge is -2.12. The molecule has 0 saturated carbocycles. The SMILES string of the molecule is NCCCCC(N)C(=O)NCCCNCCCNCCCCCNC(=O)CCC(N)=O. The summed E-state index contributed by atoms with van der Waals surface area (Å²) in [6.07, 6.45) is 7.72. The van der Waals surface area contributed by atoms with E-state index in [1.54, 1.807) is 0 Å². The molecule has 0 aromatic carbocycles. The Kier molecular flexibility index (Phi) is 20.3. The average Bonchev–Trinajstić information content (AvgIpc) is 2.74. The van der Waals surface area contributed by atoms with Gasteiger partial charge in [-0.1, -0.05) is 12.8 Å². The van der Waals surface area contributed by atoms with Crippen LogP contribution < -0.4 is 38.5 Å². The van der Waals surface area contributed by atoms with Gasteiger partial charge >= 0.3 is 0 Å². The molecule has 0 heterocycles. The van der Waals surface area contributed by atoms with Gasteiger partial charge in [0.1, 0.15) is 0 Å². The highest BCUT2D eigenvalue weighted by atomic mass is 16.2. The molecule has 1 unspecified atom stereocenters. The van der Waals surface area contributed by atoms with Gasteiger partial charge in [-0.3, -0.25) is 14.4 Å². The van der Waals surface area contributed by atoms with Crippen molar-refractivity contribution in [3.8, 4) is 0 Å². The minimum Gasteiger partial charge on any atom is -0.370 e. The molecule has 182 valence electrons. The van der Waals surface area contributed by atoms with E-state index >= 15 is 0 Å². The number of nitrogens with two attached hydrogens (primary N) is 3. The van der Waals surface area contributed by atoms with Crippen molar-refractivity contribution in [1.82, 2.24) is 21.3 Å². The first-order valence-electron chi connectivity index (χ1n) is 11.7. The monoisotopic (exact) mass is 443 g/mol. The highest BCUT2D eigenvalue weighted by Gasteiger charge is 2.11. The summed E-state index contributed by atoms with van der Waals surface area (Å²) in [6.45, 7) is 5.66. The Balaban J connectivity index is 3.27. The van der Waals surface area contributed by atoms with Crippen LogP contribution in [0.15, 0.2) is 0 Å².